The number of nitrogens with two attached hydrogens (primary N) is 1. The summed E-state index contributed by atoms with van der Waals surface area (Å²) in [5, 5.41) is 4.24. The summed E-state index contributed by atoms with van der Waals surface area (Å²) in [5.41, 5.74) is 7.28. The minimum atomic E-state index is -0.419. The quantitative estimate of drug-likeness (QED) is 0.764. The number of nitrogens with zero attached hydrogens (tertiary/aromatic N) is 3. The van der Waals surface area contributed by atoms with Gasteiger partial charge < -0.3 is 15.4 Å². The number of carbonyl (C=O) groups is 2. The van der Waals surface area contributed by atoms with Crippen molar-refractivity contribution in [1.29, 1.82) is 0 Å². The van der Waals surface area contributed by atoms with Gasteiger partial charge in [0.2, 0.25) is 0 Å². The van der Waals surface area contributed by atoms with Crippen molar-refractivity contribution in [1.82, 2.24) is 14.7 Å². The predicted molar refractivity (Wildman–Crippen MR) is 79.9 cm³/mol. The smallest absolute Gasteiger partial charge is 0.325 e. The fourth-order valence-electron chi connectivity index (χ4n) is 2.08. The third kappa shape index (κ3) is 3.96. The Balaban J connectivity index is 3.03. The summed E-state index contributed by atoms with van der Waals surface area (Å²) in [6.45, 7) is 8.54. The van der Waals surface area contributed by atoms with Gasteiger partial charge in [0.15, 0.2) is 0 Å². The van der Waals surface area contributed by atoms with Crippen LogP contribution in [0, 0.1) is 6.92 Å². The number of anilines is 1. The number of amides is 1. The van der Waals surface area contributed by atoms with Gasteiger partial charge in [0.25, 0.3) is 5.91 Å². The lowest BCUT2D eigenvalue weighted by atomic mass is 10.2. The number of hydrogen-bond donors (Lipinski definition) is 1. The van der Waals surface area contributed by atoms with Gasteiger partial charge in [-0.05, 0) is 27.2 Å². The first kappa shape index (κ1) is 17.0. The molecule has 0 unspecified atom stereocenters. The van der Waals surface area contributed by atoms with E-state index in [4.69, 9.17) is 10.5 Å². The van der Waals surface area contributed by atoms with Crippen LogP contribution in [-0.4, -0.2) is 46.3 Å². The van der Waals surface area contributed by atoms with Crippen molar-refractivity contribution < 1.29 is 14.3 Å². The molecule has 1 amide bonds. The molecule has 0 atom stereocenters. The van der Waals surface area contributed by atoms with Crippen LogP contribution >= 0.6 is 0 Å². The van der Waals surface area contributed by atoms with Crippen LogP contribution in [0.15, 0.2) is 0 Å². The van der Waals surface area contributed by atoms with E-state index in [2.05, 4.69) is 5.10 Å². The molecule has 0 aliphatic rings. The van der Waals surface area contributed by atoms with E-state index in [0.29, 0.717) is 36.8 Å². The average molecular weight is 296 g/mol. The Morgan fingerprint density at radius 2 is 2.00 bits per heavy atom. The molecule has 1 heterocycles. The van der Waals surface area contributed by atoms with Crippen molar-refractivity contribution in [3.63, 3.8) is 0 Å². The van der Waals surface area contributed by atoms with Gasteiger partial charge in [0.05, 0.1) is 18.0 Å². The maximum atomic E-state index is 12.7. The molecule has 0 aliphatic heterocycles. The van der Waals surface area contributed by atoms with Gasteiger partial charge in [0.1, 0.15) is 12.2 Å². The molecule has 7 heteroatoms. The third-order valence-electron chi connectivity index (χ3n) is 3.08. The molecule has 1 rings (SSSR count). The topological polar surface area (TPSA) is 90.4 Å². The predicted octanol–water partition coefficient (Wildman–Crippen LogP) is 1.21. The summed E-state index contributed by atoms with van der Waals surface area (Å²) in [6.07, 6.45) is 0.740. The van der Waals surface area contributed by atoms with Crippen LogP contribution in [-0.2, 0) is 16.1 Å². The molecule has 2 N–H and O–H groups in total. The highest BCUT2D eigenvalue weighted by molar-refractivity contribution is 5.99. The van der Waals surface area contributed by atoms with E-state index in [9.17, 15) is 9.59 Å². The molecule has 118 valence electrons. The van der Waals surface area contributed by atoms with Crippen LogP contribution in [0.2, 0.25) is 0 Å². The van der Waals surface area contributed by atoms with E-state index < -0.39 is 5.97 Å². The standard InChI is InChI=1S/C14H24N4O3/c1-5-8-17(9-11(19)21-7-3)14(20)13-12(15)10(4)16-18(13)6-2/h5-9,15H2,1-4H3. The molecular formula is C14H24N4O3. The summed E-state index contributed by atoms with van der Waals surface area (Å²) < 4.78 is 6.48. The van der Waals surface area contributed by atoms with Gasteiger partial charge >= 0.3 is 5.97 Å². The number of ether oxygens (including phenoxy) is 1. The van der Waals surface area contributed by atoms with Crippen LogP contribution in [0.1, 0.15) is 43.4 Å². The summed E-state index contributed by atoms with van der Waals surface area (Å²) >= 11 is 0. The molecule has 0 saturated carbocycles. The van der Waals surface area contributed by atoms with Crippen molar-refractivity contribution in [2.45, 2.75) is 40.7 Å². The summed E-state index contributed by atoms with van der Waals surface area (Å²) in [4.78, 5) is 25.8. The van der Waals surface area contributed by atoms with Crippen LogP contribution in [0.4, 0.5) is 5.69 Å². The number of aryl methyl sites for hydroxylation is 2. The summed E-state index contributed by atoms with van der Waals surface area (Å²) in [6, 6.07) is 0. The van der Waals surface area contributed by atoms with Gasteiger partial charge in [-0.1, -0.05) is 6.92 Å². The molecule has 0 saturated heterocycles. The fourth-order valence-corrected chi connectivity index (χ4v) is 2.08. The van der Waals surface area contributed by atoms with E-state index in [1.807, 2.05) is 13.8 Å². The van der Waals surface area contributed by atoms with Crippen molar-refractivity contribution in [2.75, 3.05) is 25.4 Å². The number of hydrogen-bond acceptors (Lipinski definition) is 5. The first-order valence-corrected chi connectivity index (χ1v) is 7.23. The van der Waals surface area contributed by atoms with Crippen molar-refractivity contribution in [3.8, 4) is 0 Å². The lowest BCUT2D eigenvalue weighted by Gasteiger charge is -2.21. The second-order valence-electron chi connectivity index (χ2n) is 4.70. The summed E-state index contributed by atoms with van der Waals surface area (Å²) in [7, 11) is 0. The second kappa shape index (κ2) is 7.66. The molecule has 7 nitrogen and oxygen atoms in total. The molecular weight excluding hydrogens is 272 g/mol. The highest BCUT2D eigenvalue weighted by Crippen LogP contribution is 2.18. The van der Waals surface area contributed by atoms with Gasteiger partial charge in [-0.15, -0.1) is 0 Å². The molecule has 0 aromatic carbocycles. The molecule has 1 aromatic rings. The van der Waals surface area contributed by atoms with Crippen LogP contribution in [0.25, 0.3) is 0 Å². The minimum absolute atomic E-state index is 0.0755. The Kier molecular flexibility index (Phi) is 6.20. The van der Waals surface area contributed by atoms with E-state index >= 15 is 0 Å². The van der Waals surface area contributed by atoms with Crippen LogP contribution in [0.3, 0.4) is 0 Å². The van der Waals surface area contributed by atoms with Crippen molar-refractivity contribution in [3.05, 3.63) is 11.4 Å². The minimum Gasteiger partial charge on any atom is -0.465 e. The van der Waals surface area contributed by atoms with Gasteiger partial charge in [-0.3, -0.25) is 14.3 Å². The molecule has 1 aromatic heterocycles. The maximum absolute atomic E-state index is 12.7. The van der Waals surface area contributed by atoms with Crippen LogP contribution in [0.5, 0.6) is 0 Å². The number of nitrogen functional groups attached to an aromatic ring is 1. The Labute approximate surface area is 125 Å². The lowest BCUT2D eigenvalue weighted by molar-refractivity contribution is -0.143. The van der Waals surface area contributed by atoms with E-state index in [0.717, 1.165) is 6.42 Å². The first-order chi connectivity index (χ1) is 9.96. The zero-order valence-corrected chi connectivity index (χ0v) is 13.2. The van der Waals surface area contributed by atoms with E-state index in [-0.39, 0.29) is 12.5 Å². The number of aromatic nitrogens is 2. The summed E-state index contributed by atoms with van der Waals surface area (Å²) in [5.74, 6) is -0.706. The largest absolute Gasteiger partial charge is 0.465 e. The SMILES string of the molecule is CCCN(CC(=O)OCC)C(=O)c1c(N)c(C)nn1CC. The molecule has 0 spiro atoms. The molecule has 21 heavy (non-hydrogen) atoms. The van der Waals surface area contributed by atoms with Crippen molar-refractivity contribution in [2.24, 2.45) is 0 Å². The van der Waals surface area contributed by atoms with Gasteiger partial charge in [0, 0.05) is 13.1 Å². The number of carbonyl (C=O) groups excluding carboxylic acids is 2. The average Bonchev–Trinajstić information content (AvgIpc) is 2.73. The highest BCUT2D eigenvalue weighted by atomic mass is 16.5. The molecule has 0 aliphatic carbocycles. The zero-order chi connectivity index (χ0) is 16.0. The Morgan fingerprint density at radius 1 is 1.33 bits per heavy atom. The molecule has 0 bridgehead atoms. The lowest BCUT2D eigenvalue weighted by Crippen LogP contribution is -2.38. The molecule has 0 fully saturated rings. The Morgan fingerprint density at radius 3 is 2.52 bits per heavy atom. The van der Waals surface area contributed by atoms with E-state index in [1.54, 1.807) is 18.5 Å². The van der Waals surface area contributed by atoms with Crippen molar-refractivity contribution >= 4 is 17.6 Å². The van der Waals surface area contributed by atoms with Gasteiger partial charge in [-0.2, -0.15) is 5.10 Å². The third-order valence-corrected chi connectivity index (χ3v) is 3.08. The maximum Gasteiger partial charge on any atom is 0.325 e. The number of esters is 1. The number of rotatable bonds is 7. The Hall–Kier alpha value is -2.05. The monoisotopic (exact) mass is 296 g/mol. The zero-order valence-electron chi connectivity index (χ0n) is 13.2. The normalized spacial score (nSPS) is 10.5. The van der Waals surface area contributed by atoms with E-state index in [1.165, 1.54) is 4.90 Å². The second-order valence-corrected chi connectivity index (χ2v) is 4.70. The van der Waals surface area contributed by atoms with Crippen LogP contribution < -0.4 is 5.73 Å². The fraction of sp³-hybridized carbons (Fsp3) is 0.643. The first-order valence-electron chi connectivity index (χ1n) is 7.23. The molecule has 0 radical (unpaired) electrons. The highest BCUT2D eigenvalue weighted by Gasteiger charge is 2.25. The Bertz CT molecular complexity index is 511. The van der Waals surface area contributed by atoms with Gasteiger partial charge in [-0.25, -0.2) is 0 Å².